The van der Waals surface area contributed by atoms with Crippen LogP contribution < -0.4 is 0 Å². The molecule has 0 saturated carbocycles. The van der Waals surface area contributed by atoms with Crippen LogP contribution in [0.4, 0.5) is 0 Å². The highest BCUT2D eigenvalue weighted by Gasteiger charge is 2.26. The number of piperidine rings is 1. The number of carbonyl (C=O) groups is 1. The lowest BCUT2D eigenvalue weighted by atomic mass is 10.0. The van der Waals surface area contributed by atoms with Gasteiger partial charge in [0.15, 0.2) is 0 Å². The third-order valence-electron chi connectivity index (χ3n) is 5.79. The van der Waals surface area contributed by atoms with E-state index in [9.17, 15) is 4.79 Å². The third kappa shape index (κ3) is 7.63. The Bertz CT molecular complexity index is 362. The second-order valence-electron chi connectivity index (χ2n) is 7.83. The van der Waals surface area contributed by atoms with Crippen molar-refractivity contribution in [3.8, 4) is 0 Å². The first-order chi connectivity index (χ1) is 12.2. The van der Waals surface area contributed by atoms with E-state index in [1.807, 2.05) is 0 Å². The predicted molar refractivity (Wildman–Crippen MR) is 103 cm³/mol. The Morgan fingerprint density at radius 2 is 1.68 bits per heavy atom. The molecule has 25 heavy (non-hydrogen) atoms. The van der Waals surface area contributed by atoms with Crippen molar-refractivity contribution in [2.24, 2.45) is 0 Å². The van der Waals surface area contributed by atoms with E-state index >= 15 is 0 Å². The van der Waals surface area contributed by atoms with Crippen molar-refractivity contribution >= 4 is 5.91 Å². The van der Waals surface area contributed by atoms with E-state index in [-0.39, 0.29) is 0 Å². The van der Waals surface area contributed by atoms with Crippen molar-refractivity contribution in [2.45, 2.75) is 63.8 Å². The molecule has 2 rings (SSSR count). The Kier molecular flexibility index (Phi) is 9.81. The van der Waals surface area contributed by atoms with Crippen LogP contribution in [0.1, 0.15) is 57.8 Å². The van der Waals surface area contributed by atoms with Crippen molar-refractivity contribution in [1.29, 1.82) is 0 Å². The fraction of sp³-hybridized carbons (Fsp3) is 0.950. The second-order valence-corrected chi connectivity index (χ2v) is 7.83. The Hall–Kier alpha value is -0.650. The highest BCUT2D eigenvalue weighted by Crippen LogP contribution is 2.18. The number of likely N-dealkylation sites (tertiary alicyclic amines) is 2. The summed E-state index contributed by atoms with van der Waals surface area (Å²) in [5, 5.41) is 0. The van der Waals surface area contributed by atoms with Gasteiger partial charge in [-0.2, -0.15) is 0 Å². The topological polar surface area (TPSA) is 36.0 Å². The lowest BCUT2D eigenvalue weighted by molar-refractivity contribution is -0.135. The summed E-state index contributed by atoms with van der Waals surface area (Å²) in [5.41, 5.74) is 0. The molecule has 0 aromatic carbocycles. The number of methoxy groups -OCH3 is 1. The normalized spacial score (nSPS) is 21.7. The molecule has 0 radical (unpaired) electrons. The molecular formula is C20H39N3O2. The molecule has 0 spiro atoms. The highest BCUT2D eigenvalue weighted by atomic mass is 16.5. The van der Waals surface area contributed by atoms with Crippen LogP contribution in [-0.4, -0.2) is 86.7 Å². The summed E-state index contributed by atoms with van der Waals surface area (Å²) in [6.07, 6.45) is 10.5. The van der Waals surface area contributed by atoms with E-state index < -0.39 is 0 Å². The van der Waals surface area contributed by atoms with Gasteiger partial charge in [-0.15, -0.1) is 0 Å². The maximum atomic E-state index is 13.0. The largest absolute Gasteiger partial charge is 0.385 e. The zero-order chi connectivity index (χ0) is 17.9. The first-order valence-corrected chi connectivity index (χ1v) is 10.4. The van der Waals surface area contributed by atoms with E-state index in [1.54, 1.807) is 7.11 Å². The zero-order valence-corrected chi connectivity index (χ0v) is 16.5. The molecule has 0 unspecified atom stereocenters. The summed E-state index contributed by atoms with van der Waals surface area (Å²) < 4.78 is 5.20. The summed E-state index contributed by atoms with van der Waals surface area (Å²) in [6, 6.07) is 0.424. The minimum absolute atomic E-state index is 0.354. The van der Waals surface area contributed by atoms with Gasteiger partial charge in [-0.25, -0.2) is 0 Å². The maximum Gasteiger partial charge on any atom is 0.224 e. The van der Waals surface area contributed by atoms with Crippen molar-refractivity contribution < 1.29 is 9.53 Å². The monoisotopic (exact) mass is 353 g/mol. The Balaban J connectivity index is 1.82. The molecule has 146 valence electrons. The number of ether oxygens (including phenoxy) is 1. The molecule has 0 bridgehead atoms. The SMILES string of the molecule is COCCCN(C(=O)CCN1CCCCCCC1)C1CCN(C)CC1. The van der Waals surface area contributed by atoms with Gasteiger partial charge >= 0.3 is 0 Å². The Morgan fingerprint density at radius 3 is 2.32 bits per heavy atom. The molecule has 0 aromatic rings. The molecule has 2 saturated heterocycles. The van der Waals surface area contributed by atoms with E-state index in [0.29, 0.717) is 18.4 Å². The number of carbonyl (C=O) groups excluding carboxylic acids is 1. The molecule has 0 aromatic heterocycles. The molecule has 2 fully saturated rings. The first-order valence-electron chi connectivity index (χ1n) is 10.4. The number of nitrogens with zero attached hydrogens (tertiary/aromatic N) is 3. The Morgan fingerprint density at radius 1 is 1.04 bits per heavy atom. The standard InChI is InChI=1S/C20H39N3O2/c1-21-15-9-19(10-16-21)23(14-8-18-25-2)20(24)11-17-22-12-6-4-3-5-7-13-22/h19H,3-18H2,1-2H3. The van der Waals surface area contributed by atoms with Crippen LogP contribution in [-0.2, 0) is 9.53 Å². The van der Waals surface area contributed by atoms with Gasteiger partial charge < -0.3 is 19.4 Å². The van der Waals surface area contributed by atoms with Crippen molar-refractivity contribution in [3.63, 3.8) is 0 Å². The number of amides is 1. The van der Waals surface area contributed by atoms with Gasteiger partial charge in [0.25, 0.3) is 0 Å². The van der Waals surface area contributed by atoms with Crippen LogP contribution in [0.5, 0.6) is 0 Å². The van der Waals surface area contributed by atoms with Crippen LogP contribution in [0.2, 0.25) is 0 Å². The number of hydrogen-bond acceptors (Lipinski definition) is 4. The van der Waals surface area contributed by atoms with Crippen LogP contribution in [0.3, 0.4) is 0 Å². The smallest absolute Gasteiger partial charge is 0.224 e. The van der Waals surface area contributed by atoms with Gasteiger partial charge in [0.05, 0.1) is 0 Å². The quantitative estimate of drug-likeness (QED) is 0.629. The van der Waals surface area contributed by atoms with Crippen LogP contribution in [0.15, 0.2) is 0 Å². The minimum Gasteiger partial charge on any atom is -0.385 e. The molecule has 5 heteroatoms. The minimum atomic E-state index is 0.354. The average Bonchev–Trinajstić information content (AvgIpc) is 2.59. The van der Waals surface area contributed by atoms with E-state index in [4.69, 9.17) is 4.74 Å². The summed E-state index contributed by atoms with van der Waals surface area (Å²) in [4.78, 5) is 20.0. The van der Waals surface area contributed by atoms with Crippen LogP contribution in [0, 0.1) is 0 Å². The van der Waals surface area contributed by atoms with E-state index in [2.05, 4.69) is 21.7 Å². The van der Waals surface area contributed by atoms with Gasteiger partial charge in [0, 0.05) is 39.3 Å². The van der Waals surface area contributed by atoms with Crippen molar-refractivity contribution in [3.05, 3.63) is 0 Å². The van der Waals surface area contributed by atoms with Gasteiger partial charge in [-0.3, -0.25) is 4.79 Å². The molecule has 2 heterocycles. The first kappa shape index (κ1) is 20.7. The summed E-state index contributed by atoms with van der Waals surface area (Å²) >= 11 is 0. The molecule has 0 atom stereocenters. The lowest BCUT2D eigenvalue weighted by Gasteiger charge is -2.38. The number of rotatable bonds is 8. The number of hydrogen-bond donors (Lipinski definition) is 0. The fourth-order valence-electron chi connectivity index (χ4n) is 4.13. The molecule has 1 amide bonds. The molecule has 5 nitrogen and oxygen atoms in total. The fourth-order valence-corrected chi connectivity index (χ4v) is 4.13. The van der Waals surface area contributed by atoms with Gasteiger partial charge in [0.2, 0.25) is 5.91 Å². The molecule has 2 aliphatic rings. The predicted octanol–water partition coefficient (Wildman–Crippen LogP) is 2.60. The van der Waals surface area contributed by atoms with E-state index in [1.165, 1.54) is 45.2 Å². The van der Waals surface area contributed by atoms with E-state index in [0.717, 1.165) is 52.0 Å². The molecule has 0 aliphatic carbocycles. The van der Waals surface area contributed by atoms with Gasteiger partial charge in [-0.1, -0.05) is 19.3 Å². The zero-order valence-electron chi connectivity index (χ0n) is 16.5. The van der Waals surface area contributed by atoms with Crippen molar-refractivity contribution in [2.75, 3.05) is 60.0 Å². The maximum absolute atomic E-state index is 13.0. The Labute approximate surface area is 154 Å². The molecule has 2 aliphatic heterocycles. The third-order valence-corrected chi connectivity index (χ3v) is 5.79. The summed E-state index contributed by atoms with van der Waals surface area (Å²) in [7, 11) is 3.92. The van der Waals surface area contributed by atoms with Crippen LogP contribution in [0.25, 0.3) is 0 Å². The molecule has 0 N–H and O–H groups in total. The second kappa shape index (κ2) is 11.9. The van der Waals surface area contributed by atoms with Gasteiger partial charge in [0.1, 0.15) is 0 Å². The van der Waals surface area contributed by atoms with Gasteiger partial charge in [-0.05, 0) is 65.3 Å². The van der Waals surface area contributed by atoms with Crippen LogP contribution >= 0.6 is 0 Å². The molecular weight excluding hydrogens is 314 g/mol. The van der Waals surface area contributed by atoms with Crippen molar-refractivity contribution in [1.82, 2.24) is 14.7 Å². The average molecular weight is 354 g/mol. The highest BCUT2D eigenvalue weighted by molar-refractivity contribution is 5.76. The summed E-state index contributed by atoms with van der Waals surface area (Å²) in [5.74, 6) is 0.354. The summed E-state index contributed by atoms with van der Waals surface area (Å²) in [6.45, 7) is 7.07. The lowest BCUT2D eigenvalue weighted by Crippen LogP contribution is -2.47.